The van der Waals surface area contributed by atoms with Gasteiger partial charge in [-0.15, -0.1) is 0 Å². The molecule has 7 heteroatoms. The molecule has 3 nitrogen and oxygen atoms in total. The molecule has 2 N–H and O–H groups in total. The first kappa shape index (κ1) is 17.1. The molecule has 1 fully saturated rings. The van der Waals surface area contributed by atoms with Crippen LogP contribution >= 0.6 is 11.6 Å². The minimum atomic E-state index is -4.56. The Morgan fingerprint density at radius 2 is 1.95 bits per heavy atom. The largest absolute Gasteiger partial charge is 0.418 e. The minimum Gasteiger partial charge on any atom is -0.325 e. The quantitative estimate of drug-likeness (QED) is 0.846. The van der Waals surface area contributed by atoms with Crippen LogP contribution in [0.3, 0.4) is 0 Å². The average molecular weight is 335 g/mol. The fourth-order valence-corrected chi connectivity index (χ4v) is 2.76. The number of nitrogens with one attached hydrogen (secondary N) is 2. The Morgan fingerprint density at radius 1 is 1.27 bits per heavy atom. The number of hydrogen-bond acceptors (Lipinski definition) is 2. The second-order valence-electron chi connectivity index (χ2n) is 5.42. The number of anilines is 1. The molecule has 22 heavy (non-hydrogen) atoms. The third kappa shape index (κ3) is 4.88. The maximum Gasteiger partial charge on any atom is 0.418 e. The van der Waals surface area contributed by atoms with Crippen LogP contribution in [0.1, 0.15) is 37.7 Å². The molecule has 0 saturated heterocycles. The van der Waals surface area contributed by atoms with Crippen LogP contribution in [0.2, 0.25) is 5.02 Å². The summed E-state index contributed by atoms with van der Waals surface area (Å²) in [5.41, 5.74) is -1.19. The van der Waals surface area contributed by atoms with Crippen LogP contribution in [-0.2, 0) is 11.0 Å². The van der Waals surface area contributed by atoms with Crippen LogP contribution in [0.4, 0.5) is 18.9 Å². The summed E-state index contributed by atoms with van der Waals surface area (Å²) < 4.78 is 38.7. The van der Waals surface area contributed by atoms with Gasteiger partial charge >= 0.3 is 6.18 Å². The maximum absolute atomic E-state index is 12.9. The number of hydrogen-bond donors (Lipinski definition) is 2. The number of alkyl halides is 3. The SMILES string of the molecule is O=C(CCNC1CCCC1)Nc1ccc(Cl)cc1C(F)(F)F. The zero-order valence-electron chi connectivity index (χ0n) is 12.0. The molecule has 0 atom stereocenters. The highest BCUT2D eigenvalue weighted by Gasteiger charge is 2.34. The van der Waals surface area contributed by atoms with Crippen molar-refractivity contribution in [3.63, 3.8) is 0 Å². The van der Waals surface area contributed by atoms with Crippen molar-refractivity contribution in [3.05, 3.63) is 28.8 Å². The summed E-state index contributed by atoms with van der Waals surface area (Å²) >= 11 is 5.59. The fourth-order valence-electron chi connectivity index (χ4n) is 2.59. The summed E-state index contributed by atoms with van der Waals surface area (Å²) in [7, 11) is 0. The summed E-state index contributed by atoms with van der Waals surface area (Å²) in [6, 6.07) is 3.74. The van der Waals surface area contributed by atoms with Crippen molar-refractivity contribution >= 4 is 23.2 Å². The Balaban J connectivity index is 1.90. The van der Waals surface area contributed by atoms with E-state index in [-0.39, 0.29) is 17.1 Å². The Labute approximate surface area is 132 Å². The monoisotopic (exact) mass is 334 g/mol. The molecule has 1 saturated carbocycles. The van der Waals surface area contributed by atoms with Gasteiger partial charge in [-0.1, -0.05) is 24.4 Å². The Hall–Kier alpha value is -1.27. The van der Waals surface area contributed by atoms with Gasteiger partial charge in [0.05, 0.1) is 11.3 Å². The van der Waals surface area contributed by atoms with E-state index in [1.54, 1.807) is 0 Å². The van der Waals surface area contributed by atoms with Crippen molar-refractivity contribution < 1.29 is 18.0 Å². The van der Waals surface area contributed by atoms with E-state index in [0.29, 0.717) is 12.6 Å². The summed E-state index contributed by atoms with van der Waals surface area (Å²) in [6.07, 6.45) is 0.132. The third-order valence-corrected chi connectivity index (χ3v) is 3.94. The van der Waals surface area contributed by atoms with Gasteiger partial charge < -0.3 is 10.6 Å². The smallest absolute Gasteiger partial charge is 0.325 e. The first-order valence-electron chi connectivity index (χ1n) is 7.26. The van der Waals surface area contributed by atoms with Gasteiger partial charge in [-0.3, -0.25) is 4.79 Å². The summed E-state index contributed by atoms with van der Waals surface area (Å²) in [4.78, 5) is 11.8. The minimum absolute atomic E-state index is 0.0202. The van der Waals surface area contributed by atoms with Gasteiger partial charge in [-0.2, -0.15) is 13.2 Å². The van der Waals surface area contributed by atoms with Crippen LogP contribution < -0.4 is 10.6 Å². The van der Waals surface area contributed by atoms with Crippen LogP contribution in [0.5, 0.6) is 0 Å². The number of benzene rings is 1. The lowest BCUT2D eigenvalue weighted by atomic mass is 10.1. The van der Waals surface area contributed by atoms with Crippen molar-refractivity contribution in [2.45, 2.75) is 44.3 Å². The standard InChI is InChI=1S/C15H18ClF3N2O/c16-10-5-6-13(12(9-10)15(17,18)19)21-14(22)7-8-20-11-3-1-2-4-11/h5-6,9,11,20H,1-4,7-8H2,(H,21,22). The number of halogens is 4. The Bertz CT molecular complexity index is 528. The highest BCUT2D eigenvalue weighted by atomic mass is 35.5. The molecule has 1 aliphatic carbocycles. The van der Waals surface area contributed by atoms with Crippen molar-refractivity contribution in [2.75, 3.05) is 11.9 Å². The second kappa shape index (κ2) is 7.33. The normalized spacial score (nSPS) is 16.0. The lowest BCUT2D eigenvalue weighted by Gasteiger charge is -2.15. The number of carbonyl (C=O) groups is 1. The van der Waals surface area contributed by atoms with Crippen LogP contribution in [0.25, 0.3) is 0 Å². The molecule has 0 bridgehead atoms. The lowest BCUT2D eigenvalue weighted by molar-refractivity contribution is -0.137. The predicted octanol–water partition coefficient (Wildman–Crippen LogP) is 4.22. The number of carbonyl (C=O) groups excluding carboxylic acids is 1. The Morgan fingerprint density at radius 3 is 2.59 bits per heavy atom. The van der Waals surface area contributed by atoms with Gasteiger partial charge in [0.1, 0.15) is 0 Å². The van der Waals surface area contributed by atoms with Crippen LogP contribution in [-0.4, -0.2) is 18.5 Å². The molecule has 1 aromatic carbocycles. The number of amides is 1. The van der Waals surface area contributed by atoms with E-state index >= 15 is 0 Å². The molecule has 0 heterocycles. The molecular weight excluding hydrogens is 317 g/mol. The molecule has 1 amide bonds. The first-order chi connectivity index (χ1) is 10.4. The van der Waals surface area contributed by atoms with E-state index in [2.05, 4.69) is 10.6 Å². The van der Waals surface area contributed by atoms with E-state index in [1.165, 1.54) is 25.0 Å². The summed E-state index contributed by atoms with van der Waals surface area (Å²) in [5, 5.41) is 5.54. The predicted molar refractivity (Wildman–Crippen MR) is 80.0 cm³/mol. The van der Waals surface area contributed by atoms with Crippen molar-refractivity contribution in [2.24, 2.45) is 0 Å². The van der Waals surface area contributed by atoms with E-state index in [0.717, 1.165) is 18.9 Å². The van der Waals surface area contributed by atoms with E-state index in [4.69, 9.17) is 11.6 Å². The lowest BCUT2D eigenvalue weighted by Crippen LogP contribution is -2.29. The second-order valence-corrected chi connectivity index (χ2v) is 5.86. The molecule has 2 rings (SSSR count). The molecule has 0 aliphatic heterocycles. The molecule has 1 aromatic rings. The van der Waals surface area contributed by atoms with Gasteiger partial charge in [0.15, 0.2) is 0 Å². The topological polar surface area (TPSA) is 41.1 Å². The highest BCUT2D eigenvalue weighted by molar-refractivity contribution is 6.30. The molecule has 0 unspecified atom stereocenters. The van der Waals surface area contributed by atoms with Crippen molar-refractivity contribution in [1.29, 1.82) is 0 Å². The van der Waals surface area contributed by atoms with Crippen molar-refractivity contribution in [1.82, 2.24) is 5.32 Å². The van der Waals surface area contributed by atoms with Crippen molar-refractivity contribution in [3.8, 4) is 0 Å². The summed E-state index contributed by atoms with van der Waals surface area (Å²) in [6.45, 7) is 0.464. The first-order valence-corrected chi connectivity index (χ1v) is 7.64. The van der Waals surface area contributed by atoms with Gasteiger partial charge in [0, 0.05) is 24.0 Å². The molecule has 0 aromatic heterocycles. The average Bonchev–Trinajstić information content (AvgIpc) is 2.93. The van der Waals surface area contributed by atoms with Gasteiger partial charge in [0.2, 0.25) is 5.91 Å². The van der Waals surface area contributed by atoms with Gasteiger partial charge in [-0.25, -0.2) is 0 Å². The van der Waals surface area contributed by atoms with Crippen LogP contribution in [0.15, 0.2) is 18.2 Å². The van der Waals surface area contributed by atoms with Gasteiger partial charge in [-0.05, 0) is 31.0 Å². The van der Waals surface area contributed by atoms with Crippen LogP contribution in [0, 0.1) is 0 Å². The molecule has 122 valence electrons. The zero-order chi connectivity index (χ0) is 16.2. The molecule has 0 radical (unpaired) electrons. The Kier molecular flexibility index (Phi) is 5.69. The summed E-state index contributed by atoms with van der Waals surface area (Å²) in [5.74, 6) is -0.446. The highest BCUT2D eigenvalue weighted by Crippen LogP contribution is 2.36. The van der Waals surface area contributed by atoms with E-state index in [9.17, 15) is 18.0 Å². The molecule has 0 spiro atoms. The number of rotatable bonds is 5. The molecular formula is C15H18ClF3N2O. The van der Waals surface area contributed by atoms with Gasteiger partial charge in [0.25, 0.3) is 0 Å². The van der Waals surface area contributed by atoms with E-state index < -0.39 is 17.6 Å². The van der Waals surface area contributed by atoms with E-state index in [1.807, 2.05) is 0 Å². The maximum atomic E-state index is 12.9. The zero-order valence-corrected chi connectivity index (χ0v) is 12.7. The fraction of sp³-hybridized carbons (Fsp3) is 0.533. The third-order valence-electron chi connectivity index (χ3n) is 3.70. The molecule has 1 aliphatic rings.